The number of piperazine rings is 1. The van der Waals surface area contributed by atoms with E-state index < -0.39 is 0 Å². The van der Waals surface area contributed by atoms with Gasteiger partial charge in [-0.15, -0.1) is 12.4 Å². The third-order valence-corrected chi connectivity index (χ3v) is 5.99. The van der Waals surface area contributed by atoms with Crippen LogP contribution in [0.4, 0.5) is 16.3 Å². The summed E-state index contributed by atoms with van der Waals surface area (Å²) in [6, 6.07) is 9.44. The number of cyclic esters (lactones) is 1. The van der Waals surface area contributed by atoms with E-state index in [9.17, 15) is 9.59 Å². The van der Waals surface area contributed by atoms with Crippen molar-refractivity contribution in [2.45, 2.75) is 39.7 Å². The van der Waals surface area contributed by atoms with Crippen LogP contribution in [0, 0.1) is 6.92 Å². The van der Waals surface area contributed by atoms with Gasteiger partial charge < -0.3 is 14.5 Å². The van der Waals surface area contributed by atoms with Crippen LogP contribution in [-0.2, 0) is 11.2 Å². The first-order valence-electron chi connectivity index (χ1n) is 11.0. The maximum absolute atomic E-state index is 13.0. The molecule has 1 aromatic heterocycles. The number of rotatable bonds is 5. The first-order chi connectivity index (χ1) is 15.0. The molecule has 32 heavy (non-hydrogen) atoms. The predicted molar refractivity (Wildman–Crippen MR) is 128 cm³/mol. The number of ether oxygens (including phenoxy) is 1. The lowest BCUT2D eigenvalue weighted by Crippen LogP contribution is -2.49. The van der Waals surface area contributed by atoms with Gasteiger partial charge in [-0.2, -0.15) is 0 Å². The van der Waals surface area contributed by atoms with Crippen LogP contribution >= 0.6 is 12.4 Å². The van der Waals surface area contributed by atoms with Crippen LogP contribution in [0.2, 0.25) is 0 Å². The lowest BCUT2D eigenvalue weighted by Gasteiger charge is -2.36. The predicted octanol–water partition coefficient (Wildman–Crippen LogP) is 4.07. The van der Waals surface area contributed by atoms with E-state index in [4.69, 9.17) is 4.74 Å². The summed E-state index contributed by atoms with van der Waals surface area (Å²) in [6.07, 6.45) is 3.80. The molecule has 8 heteroatoms. The Hall–Kier alpha value is -2.80. The Morgan fingerprint density at radius 2 is 1.84 bits per heavy atom. The molecule has 0 bridgehead atoms. The molecule has 2 amide bonds. The molecule has 0 unspecified atom stereocenters. The molecule has 0 saturated carbocycles. The molecule has 1 atom stereocenters. The highest BCUT2D eigenvalue weighted by Crippen LogP contribution is 2.24. The summed E-state index contributed by atoms with van der Waals surface area (Å²) in [5.41, 5.74) is 3.86. The summed E-state index contributed by atoms with van der Waals surface area (Å²) in [5, 5.41) is 0. The first kappa shape index (κ1) is 23.9. The number of benzene rings is 1. The molecule has 0 radical (unpaired) electrons. The molecule has 172 valence electrons. The summed E-state index contributed by atoms with van der Waals surface area (Å²) in [7, 11) is 0. The van der Waals surface area contributed by atoms with E-state index in [0.29, 0.717) is 25.3 Å². The van der Waals surface area contributed by atoms with E-state index in [1.54, 1.807) is 17.0 Å². The number of pyridine rings is 1. The lowest BCUT2D eigenvalue weighted by molar-refractivity contribution is 0.0746. The third kappa shape index (κ3) is 4.83. The zero-order chi connectivity index (χ0) is 22.0. The smallest absolute Gasteiger partial charge is 0.414 e. The summed E-state index contributed by atoms with van der Waals surface area (Å²) in [4.78, 5) is 35.3. The number of halogens is 1. The van der Waals surface area contributed by atoms with Crippen molar-refractivity contribution in [2.24, 2.45) is 0 Å². The van der Waals surface area contributed by atoms with E-state index in [0.717, 1.165) is 37.4 Å². The minimum Gasteiger partial charge on any atom is -0.447 e. The van der Waals surface area contributed by atoms with Gasteiger partial charge in [-0.1, -0.05) is 19.4 Å². The van der Waals surface area contributed by atoms with Crippen molar-refractivity contribution in [3.8, 4) is 0 Å². The van der Waals surface area contributed by atoms with E-state index in [-0.39, 0.29) is 30.4 Å². The van der Waals surface area contributed by atoms with Crippen molar-refractivity contribution >= 4 is 35.9 Å². The zero-order valence-electron chi connectivity index (χ0n) is 18.9. The van der Waals surface area contributed by atoms with Gasteiger partial charge in [0.15, 0.2) is 0 Å². The fraction of sp³-hybridized carbons (Fsp3) is 0.458. The minimum absolute atomic E-state index is 0. The molecule has 2 fully saturated rings. The van der Waals surface area contributed by atoms with Gasteiger partial charge in [0, 0.05) is 43.6 Å². The van der Waals surface area contributed by atoms with Crippen LogP contribution in [0.15, 0.2) is 36.5 Å². The first-order valence-corrected chi connectivity index (χ1v) is 11.0. The van der Waals surface area contributed by atoms with Crippen LogP contribution < -0.4 is 9.80 Å². The molecule has 0 N–H and O–H groups in total. The Kier molecular flexibility index (Phi) is 7.61. The van der Waals surface area contributed by atoms with Crippen LogP contribution in [-0.4, -0.2) is 60.7 Å². The largest absolute Gasteiger partial charge is 0.447 e. The molecule has 0 spiro atoms. The highest BCUT2D eigenvalue weighted by atomic mass is 35.5. The monoisotopic (exact) mass is 458 g/mol. The maximum Gasteiger partial charge on any atom is 0.414 e. The minimum atomic E-state index is -0.339. The summed E-state index contributed by atoms with van der Waals surface area (Å²) >= 11 is 0. The molecule has 0 aliphatic carbocycles. The second-order valence-corrected chi connectivity index (χ2v) is 8.36. The molecule has 7 nitrogen and oxygen atoms in total. The van der Waals surface area contributed by atoms with Crippen LogP contribution in [0.5, 0.6) is 0 Å². The van der Waals surface area contributed by atoms with Gasteiger partial charge in [0.05, 0.1) is 6.04 Å². The number of carbonyl (C=O) groups is 2. The van der Waals surface area contributed by atoms with Gasteiger partial charge in [0.2, 0.25) is 0 Å². The number of hydrogen-bond donors (Lipinski definition) is 0. The highest BCUT2D eigenvalue weighted by Gasteiger charge is 2.31. The number of amides is 2. The van der Waals surface area contributed by atoms with Crippen molar-refractivity contribution in [1.29, 1.82) is 0 Å². The van der Waals surface area contributed by atoms with E-state index >= 15 is 0 Å². The molecule has 1 aromatic carbocycles. The summed E-state index contributed by atoms with van der Waals surface area (Å²) in [5.74, 6) is 1.04. The standard InChI is InChI=1S/C24H30N4O3.ClH/c1-4-5-19-14-17(2)22(25-15-19)26-10-12-27(13-11-26)23(29)20-6-8-21(9-7-20)28-18(3)16-31-24(28)30;/h6-9,14-15,18H,4-5,10-13,16H2,1-3H3;1H/t18-;/m1./s1. The molecule has 4 rings (SSSR count). The Balaban J connectivity index is 0.00000289. The van der Waals surface area contributed by atoms with Gasteiger partial charge in [-0.05, 0) is 55.7 Å². The number of nitrogens with zero attached hydrogens (tertiary/aromatic N) is 4. The number of aryl methyl sites for hydroxylation is 2. The second kappa shape index (κ2) is 10.2. The number of hydrogen-bond acceptors (Lipinski definition) is 5. The zero-order valence-corrected chi connectivity index (χ0v) is 19.7. The van der Waals surface area contributed by atoms with E-state index in [2.05, 4.69) is 29.8 Å². The number of carbonyl (C=O) groups excluding carboxylic acids is 2. The van der Waals surface area contributed by atoms with Gasteiger partial charge in [0.25, 0.3) is 5.91 Å². The maximum atomic E-state index is 13.0. The number of anilines is 2. The van der Waals surface area contributed by atoms with Crippen molar-refractivity contribution in [1.82, 2.24) is 9.88 Å². The summed E-state index contributed by atoms with van der Waals surface area (Å²) < 4.78 is 5.08. The van der Waals surface area contributed by atoms with Crippen molar-refractivity contribution in [2.75, 3.05) is 42.6 Å². The molecule has 3 heterocycles. The average molecular weight is 459 g/mol. The normalized spacial score (nSPS) is 18.4. The molecular weight excluding hydrogens is 428 g/mol. The quantitative estimate of drug-likeness (QED) is 0.675. The molecule has 2 aliphatic rings. The van der Waals surface area contributed by atoms with Gasteiger partial charge in [-0.25, -0.2) is 9.78 Å². The summed E-state index contributed by atoms with van der Waals surface area (Å²) in [6.45, 7) is 9.47. The Bertz CT molecular complexity index is 958. The molecule has 2 aliphatic heterocycles. The van der Waals surface area contributed by atoms with Gasteiger partial charge >= 0.3 is 6.09 Å². The second-order valence-electron chi connectivity index (χ2n) is 8.36. The van der Waals surface area contributed by atoms with Crippen molar-refractivity contribution in [3.05, 3.63) is 53.2 Å². The van der Waals surface area contributed by atoms with Crippen LogP contribution in [0.25, 0.3) is 0 Å². The van der Waals surface area contributed by atoms with Crippen molar-refractivity contribution in [3.63, 3.8) is 0 Å². The van der Waals surface area contributed by atoms with Crippen molar-refractivity contribution < 1.29 is 14.3 Å². The van der Waals surface area contributed by atoms with E-state index in [1.165, 1.54) is 11.1 Å². The third-order valence-electron chi connectivity index (χ3n) is 5.99. The Morgan fingerprint density at radius 1 is 1.16 bits per heavy atom. The SMILES string of the molecule is CCCc1cnc(N2CCN(C(=O)c3ccc(N4C(=O)OC[C@H]4C)cc3)CC2)c(C)c1.Cl. The molecule has 2 aromatic rings. The molecular formula is C24H31ClN4O3. The fourth-order valence-electron chi connectivity index (χ4n) is 4.33. The fourth-order valence-corrected chi connectivity index (χ4v) is 4.33. The van der Waals surface area contributed by atoms with Gasteiger partial charge in [-0.3, -0.25) is 9.69 Å². The van der Waals surface area contributed by atoms with Crippen LogP contribution in [0.1, 0.15) is 41.8 Å². The highest BCUT2D eigenvalue weighted by molar-refractivity contribution is 5.96. The number of aromatic nitrogens is 1. The average Bonchev–Trinajstić information content (AvgIpc) is 3.12. The van der Waals surface area contributed by atoms with E-state index in [1.807, 2.05) is 30.2 Å². The van der Waals surface area contributed by atoms with Gasteiger partial charge in [0.1, 0.15) is 12.4 Å². The van der Waals surface area contributed by atoms with Crippen LogP contribution in [0.3, 0.4) is 0 Å². The lowest BCUT2D eigenvalue weighted by atomic mass is 10.1. The Morgan fingerprint density at radius 3 is 2.41 bits per heavy atom. The Labute approximate surface area is 195 Å². The topological polar surface area (TPSA) is 66.0 Å². The molecule has 2 saturated heterocycles.